The number of ether oxygens (including phenoxy) is 1. The Balaban J connectivity index is 2.95. The lowest BCUT2D eigenvalue weighted by molar-refractivity contribution is 0.255. The summed E-state index contributed by atoms with van der Waals surface area (Å²) in [5.74, 6) is 0.833. The maximum atomic E-state index is 10.9. The van der Waals surface area contributed by atoms with Crippen LogP contribution >= 0.6 is 0 Å². The van der Waals surface area contributed by atoms with Gasteiger partial charge in [0.25, 0.3) is 0 Å². The topological polar surface area (TPSA) is 55.6 Å². The Kier molecular flexibility index (Phi) is 3.55. The molecule has 0 aliphatic heterocycles. The molecule has 0 fully saturated rings. The molecule has 0 heterocycles. The van der Waals surface area contributed by atoms with Gasteiger partial charge in [-0.1, -0.05) is 0 Å². The molecule has 0 saturated heterocycles. The molecule has 1 aromatic rings. The van der Waals surface area contributed by atoms with Gasteiger partial charge in [-0.2, -0.15) is 0 Å². The molecule has 0 aliphatic carbocycles. The molecule has 0 atom stereocenters. The zero-order valence-electron chi connectivity index (χ0n) is 9.28. The summed E-state index contributed by atoms with van der Waals surface area (Å²) in [7, 11) is 1.64. The van der Waals surface area contributed by atoms with Gasteiger partial charge in [0.1, 0.15) is 5.75 Å². The highest BCUT2D eigenvalue weighted by molar-refractivity contribution is 5.90. The van der Waals surface area contributed by atoms with Crippen LogP contribution < -0.4 is 15.4 Å². The van der Waals surface area contributed by atoms with Gasteiger partial charge in [0.05, 0.1) is 6.61 Å². The molecule has 2 amide bonds. The van der Waals surface area contributed by atoms with Gasteiger partial charge in [-0.3, -0.25) is 4.90 Å². The minimum atomic E-state index is -0.474. The average Bonchev–Trinajstić information content (AvgIpc) is 2.20. The van der Waals surface area contributed by atoms with Crippen LogP contribution in [0.1, 0.15) is 12.5 Å². The molecule has 0 saturated carbocycles. The smallest absolute Gasteiger partial charge is 0.318 e. The minimum Gasteiger partial charge on any atom is -0.494 e. The van der Waals surface area contributed by atoms with Gasteiger partial charge >= 0.3 is 6.03 Å². The number of hydrogen-bond donors (Lipinski definition) is 1. The fourth-order valence-corrected chi connectivity index (χ4v) is 1.29. The van der Waals surface area contributed by atoms with Gasteiger partial charge < -0.3 is 10.5 Å². The van der Waals surface area contributed by atoms with Gasteiger partial charge in [-0.05, 0) is 37.6 Å². The van der Waals surface area contributed by atoms with E-state index in [1.54, 1.807) is 7.05 Å². The Morgan fingerprint density at radius 3 is 2.67 bits per heavy atom. The first-order valence-electron chi connectivity index (χ1n) is 4.83. The summed E-state index contributed by atoms with van der Waals surface area (Å²) in [6.07, 6.45) is 0. The maximum absolute atomic E-state index is 10.9. The number of primary amides is 1. The number of aryl methyl sites for hydroxylation is 1. The number of nitrogens with two attached hydrogens (primary N) is 1. The summed E-state index contributed by atoms with van der Waals surface area (Å²) in [5.41, 5.74) is 6.93. The molecular weight excluding hydrogens is 192 g/mol. The van der Waals surface area contributed by atoms with Crippen molar-refractivity contribution >= 4 is 11.7 Å². The lowest BCUT2D eigenvalue weighted by Crippen LogP contribution is -2.31. The van der Waals surface area contributed by atoms with Crippen molar-refractivity contribution in [2.45, 2.75) is 13.8 Å². The highest BCUT2D eigenvalue weighted by Gasteiger charge is 2.08. The normalized spacial score (nSPS) is 9.80. The van der Waals surface area contributed by atoms with E-state index in [1.165, 1.54) is 4.90 Å². The van der Waals surface area contributed by atoms with Crippen LogP contribution in [0.4, 0.5) is 10.5 Å². The number of urea groups is 1. The molecule has 2 N–H and O–H groups in total. The van der Waals surface area contributed by atoms with Crippen molar-refractivity contribution in [1.29, 1.82) is 0 Å². The van der Waals surface area contributed by atoms with Crippen molar-refractivity contribution in [2.24, 2.45) is 5.73 Å². The molecule has 0 bridgehead atoms. The summed E-state index contributed by atoms with van der Waals surface area (Å²) in [6, 6.07) is 5.05. The monoisotopic (exact) mass is 208 g/mol. The third-order valence-corrected chi connectivity index (χ3v) is 2.18. The molecule has 0 spiro atoms. The zero-order chi connectivity index (χ0) is 11.4. The molecule has 0 aromatic heterocycles. The molecule has 15 heavy (non-hydrogen) atoms. The lowest BCUT2D eigenvalue weighted by Gasteiger charge is -2.16. The van der Waals surface area contributed by atoms with Crippen LogP contribution in [0.5, 0.6) is 5.75 Å². The van der Waals surface area contributed by atoms with E-state index in [0.717, 1.165) is 17.0 Å². The Morgan fingerprint density at radius 1 is 1.53 bits per heavy atom. The number of carbonyl (C=O) groups excluding carboxylic acids is 1. The molecular formula is C11H16N2O2. The predicted octanol–water partition coefficient (Wildman–Crippen LogP) is 1.91. The van der Waals surface area contributed by atoms with Gasteiger partial charge in [-0.15, -0.1) is 0 Å². The van der Waals surface area contributed by atoms with Gasteiger partial charge in [0.2, 0.25) is 0 Å². The van der Waals surface area contributed by atoms with Crippen molar-refractivity contribution in [3.8, 4) is 5.75 Å². The highest BCUT2D eigenvalue weighted by atomic mass is 16.5. The molecule has 1 aromatic carbocycles. The average molecular weight is 208 g/mol. The van der Waals surface area contributed by atoms with Gasteiger partial charge in [-0.25, -0.2) is 4.79 Å². The second-order valence-electron chi connectivity index (χ2n) is 3.28. The van der Waals surface area contributed by atoms with Crippen LogP contribution in [0.15, 0.2) is 18.2 Å². The largest absolute Gasteiger partial charge is 0.494 e. The van der Waals surface area contributed by atoms with Gasteiger partial charge in [0, 0.05) is 12.7 Å². The number of hydrogen-bond acceptors (Lipinski definition) is 2. The number of nitrogens with zero attached hydrogens (tertiary/aromatic N) is 1. The zero-order valence-corrected chi connectivity index (χ0v) is 9.28. The Labute approximate surface area is 89.6 Å². The maximum Gasteiger partial charge on any atom is 0.318 e. The van der Waals surface area contributed by atoms with Crippen LogP contribution in [0.3, 0.4) is 0 Å². The molecule has 4 nitrogen and oxygen atoms in total. The molecule has 0 aliphatic rings. The van der Waals surface area contributed by atoms with E-state index < -0.39 is 6.03 Å². The summed E-state index contributed by atoms with van der Waals surface area (Å²) in [4.78, 5) is 12.3. The molecule has 0 radical (unpaired) electrons. The van der Waals surface area contributed by atoms with E-state index >= 15 is 0 Å². The Morgan fingerprint density at radius 2 is 2.20 bits per heavy atom. The van der Waals surface area contributed by atoms with E-state index in [2.05, 4.69) is 0 Å². The second-order valence-corrected chi connectivity index (χ2v) is 3.28. The highest BCUT2D eigenvalue weighted by Crippen LogP contribution is 2.23. The van der Waals surface area contributed by atoms with Crippen LogP contribution in [-0.2, 0) is 0 Å². The first-order valence-corrected chi connectivity index (χ1v) is 4.83. The number of rotatable bonds is 3. The van der Waals surface area contributed by atoms with E-state index in [0.29, 0.717) is 6.61 Å². The van der Waals surface area contributed by atoms with E-state index in [4.69, 9.17) is 10.5 Å². The molecule has 0 unspecified atom stereocenters. The molecule has 1 rings (SSSR count). The first kappa shape index (κ1) is 11.4. The van der Waals surface area contributed by atoms with Crippen molar-refractivity contribution < 1.29 is 9.53 Å². The summed E-state index contributed by atoms with van der Waals surface area (Å²) >= 11 is 0. The first-order chi connectivity index (χ1) is 7.06. The second kappa shape index (κ2) is 4.68. The number of benzene rings is 1. The minimum absolute atomic E-state index is 0.474. The van der Waals surface area contributed by atoms with E-state index in [1.807, 2.05) is 32.0 Å². The van der Waals surface area contributed by atoms with Crippen molar-refractivity contribution in [3.63, 3.8) is 0 Å². The summed E-state index contributed by atoms with van der Waals surface area (Å²) in [6.45, 7) is 4.50. The summed E-state index contributed by atoms with van der Waals surface area (Å²) < 4.78 is 5.40. The van der Waals surface area contributed by atoms with Crippen LogP contribution in [0.2, 0.25) is 0 Å². The fraction of sp³-hybridized carbons (Fsp3) is 0.364. The fourth-order valence-electron chi connectivity index (χ4n) is 1.29. The Hall–Kier alpha value is -1.71. The number of carbonyl (C=O) groups is 1. The lowest BCUT2D eigenvalue weighted by atomic mass is 10.2. The van der Waals surface area contributed by atoms with Crippen LogP contribution in [0.25, 0.3) is 0 Å². The van der Waals surface area contributed by atoms with Crippen molar-refractivity contribution in [2.75, 3.05) is 18.6 Å². The summed E-state index contributed by atoms with van der Waals surface area (Å²) in [5, 5.41) is 0. The standard InChI is InChI=1S/C11H16N2O2/c1-4-15-10-6-5-9(7-8(10)2)13(3)11(12)14/h5-7H,4H2,1-3H3,(H2,12,14). The third-order valence-electron chi connectivity index (χ3n) is 2.18. The predicted molar refractivity (Wildman–Crippen MR) is 60.3 cm³/mol. The number of amides is 2. The SMILES string of the molecule is CCOc1ccc(N(C)C(N)=O)cc1C. The van der Waals surface area contributed by atoms with Crippen molar-refractivity contribution in [3.05, 3.63) is 23.8 Å². The molecule has 4 heteroatoms. The van der Waals surface area contributed by atoms with Crippen molar-refractivity contribution in [1.82, 2.24) is 0 Å². The third kappa shape index (κ3) is 2.62. The molecule has 82 valence electrons. The quantitative estimate of drug-likeness (QED) is 0.824. The van der Waals surface area contributed by atoms with Gasteiger partial charge in [0.15, 0.2) is 0 Å². The van der Waals surface area contributed by atoms with E-state index in [9.17, 15) is 4.79 Å². The number of anilines is 1. The Bertz CT molecular complexity index is 364. The van der Waals surface area contributed by atoms with Crippen LogP contribution in [0, 0.1) is 6.92 Å². The van der Waals surface area contributed by atoms with E-state index in [-0.39, 0.29) is 0 Å². The van der Waals surface area contributed by atoms with Crippen LogP contribution in [-0.4, -0.2) is 19.7 Å².